The molecule has 1 saturated heterocycles. The number of carbonyl (C=O) groups excluding carboxylic acids is 2. The fraction of sp³-hybridized carbons (Fsp3) is 0.333. The van der Waals surface area contributed by atoms with Gasteiger partial charge in [0.1, 0.15) is 5.82 Å². The summed E-state index contributed by atoms with van der Waals surface area (Å²) >= 11 is 3.21. The summed E-state index contributed by atoms with van der Waals surface area (Å²) in [6.07, 6.45) is 4.00. The van der Waals surface area contributed by atoms with Crippen molar-refractivity contribution in [3.05, 3.63) is 22.7 Å². The highest BCUT2D eigenvalue weighted by molar-refractivity contribution is 9.10. The Morgan fingerprint density at radius 3 is 2.60 bits per heavy atom. The normalized spacial score (nSPS) is 21.3. The molecule has 1 atom stereocenters. The molecule has 1 aliphatic rings. The molecular weight excluding hydrogens is 262 g/mol. The molecule has 1 fully saturated rings. The Morgan fingerprint density at radius 1 is 1.33 bits per heavy atom. The summed E-state index contributed by atoms with van der Waals surface area (Å²) in [6.45, 7) is 0. The number of nitrogens with zero attached hydrogens (tertiary/aromatic N) is 2. The molecule has 1 N–H and O–H groups in total. The van der Waals surface area contributed by atoms with Crippen LogP contribution in [0.3, 0.4) is 0 Å². The van der Waals surface area contributed by atoms with Crippen LogP contribution < -0.4 is 5.32 Å². The third-order valence-corrected chi connectivity index (χ3v) is 2.60. The number of carbonyl (C=O) groups is 2. The molecule has 15 heavy (non-hydrogen) atoms. The van der Waals surface area contributed by atoms with E-state index in [4.69, 9.17) is 0 Å². The van der Waals surface area contributed by atoms with E-state index in [2.05, 4.69) is 31.2 Å². The van der Waals surface area contributed by atoms with Crippen LogP contribution >= 0.6 is 15.9 Å². The zero-order valence-electron chi connectivity index (χ0n) is 7.74. The fourth-order valence-electron chi connectivity index (χ4n) is 1.44. The largest absolute Gasteiger partial charge is 0.296 e. The van der Waals surface area contributed by atoms with Gasteiger partial charge < -0.3 is 0 Å². The van der Waals surface area contributed by atoms with Gasteiger partial charge in [-0.25, -0.2) is 9.97 Å². The lowest BCUT2D eigenvalue weighted by Gasteiger charge is -2.19. The maximum absolute atomic E-state index is 11.5. The van der Waals surface area contributed by atoms with Crippen molar-refractivity contribution in [3.63, 3.8) is 0 Å². The van der Waals surface area contributed by atoms with Gasteiger partial charge in [-0.05, 0) is 22.4 Å². The van der Waals surface area contributed by atoms with Crippen LogP contribution in [0.2, 0.25) is 0 Å². The number of piperidine rings is 1. The van der Waals surface area contributed by atoms with Crippen LogP contribution in [0, 0.1) is 0 Å². The number of halogens is 1. The zero-order valence-corrected chi connectivity index (χ0v) is 9.32. The maximum Gasteiger partial charge on any atom is 0.237 e. The molecule has 1 aliphatic heterocycles. The summed E-state index contributed by atoms with van der Waals surface area (Å²) in [5.41, 5.74) is 0. The third kappa shape index (κ3) is 2.20. The quantitative estimate of drug-likeness (QED) is 0.765. The number of aromatic nitrogens is 2. The monoisotopic (exact) mass is 269 g/mol. The summed E-state index contributed by atoms with van der Waals surface area (Å²) in [7, 11) is 0. The molecule has 2 rings (SSSR count). The van der Waals surface area contributed by atoms with Gasteiger partial charge >= 0.3 is 0 Å². The lowest BCUT2D eigenvalue weighted by molar-refractivity contribution is -0.134. The van der Waals surface area contributed by atoms with Gasteiger partial charge in [-0.3, -0.25) is 14.9 Å². The van der Waals surface area contributed by atoms with Crippen molar-refractivity contribution < 1.29 is 9.59 Å². The molecule has 0 aliphatic carbocycles. The molecule has 0 radical (unpaired) electrons. The van der Waals surface area contributed by atoms with E-state index in [0.717, 1.165) is 4.47 Å². The minimum atomic E-state index is -0.407. The van der Waals surface area contributed by atoms with Crippen molar-refractivity contribution in [3.8, 4) is 0 Å². The molecule has 0 spiro atoms. The highest BCUT2D eigenvalue weighted by Gasteiger charge is 2.29. The summed E-state index contributed by atoms with van der Waals surface area (Å²) in [5.74, 6) is -0.485. The van der Waals surface area contributed by atoms with E-state index in [-0.39, 0.29) is 11.8 Å². The average molecular weight is 270 g/mol. The van der Waals surface area contributed by atoms with Crippen molar-refractivity contribution >= 4 is 27.7 Å². The van der Waals surface area contributed by atoms with Gasteiger partial charge in [0.25, 0.3) is 0 Å². The second kappa shape index (κ2) is 4.06. The molecule has 1 unspecified atom stereocenters. The second-order valence-electron chi connectivity index (χ2n) is 3.26. The van der Waals surface area contributed by atoms with Gasteiger partial charge in [0.2, 0.25) is 11.8 Å². The molecule has 78 valence electrons. The van der Waals surface area contributed by atoms with Crippen LogP contribution in [-0.4, -0.2) is 21.8 Å². The van der Waals surface area contributed by atoms with E-state index in [1.54, 1.807) is 12.4 Å². The first-order valence-corrected chi connectivity index (χ1v) is 5.27. The summed E-state index contributed by atoms with van der Waals surface area (Å²) in [4.78, 5) is 30.5. The SMILES string of the molecule is O=C1CCC(c2ncc(Br)cn2)C(=O)N1. The number of hydrogen-bond acceptors (Lipinski definition) is 4. The number of nitrogens with one attached hydrogen (secondary N) is 1. The van der Waals surface area contributed by atoms with Crippen molar-refractivity contribution in [2.75, 3.05) is 0 Å². The van der Waals surface area contributed by atoms with Gasteiger partial charge in [0, 0.05) is 18.8 Å². The lowest BCUT2D eigenvalue weighted by Crippen LogP contribution is -2.40. The number of rotatable bonds is 1. The van der Waals surface area contributed by atoms with Gasteiger partial charge in [0.05, 0.1) is 10.4 Å². The van der Waals surface area contributed by atoms with Crippen molar-refractivity contribution in [2.24, 2.45) is 0 Å². The molecule has 2 heterocycles. The van der Waals surface area contributed by atoms with Crippen molar-refractivity contribution in [1.82, 2.24) is 15.3 Å². The number of hydrogen-bond donors (Lipinski definition) is 1. The zero-order chi connectivity index (χ0) is 10.8. The van der Waals surface area contributed by atoms with E-state index >= 15 is 0 Å². The minimum absolute atomic E-state index is 0.228. The third-order valence-electron chi connectivity index (χ3n) is 2.19. The van der Waals surface area contributed by atoms with Gasteiger partial charge in [0.15, 0.2) is 0 Å². The van der Waals surface area contributed by atoms with Crippen molar-refractivity contribution in [2.45, 2.75) is 18.8 Å². The van der Waals surface area contributed by atoms with Crippen LogP contribution in [0.5, 0.6) is 0 Å². The van der Waals surface area contributed by atoms with Gasteiger partial charge in [-0.1, -0.05) is 0 Å². The Labute approximate surface area is 94.4 Å². The first-order valence-electron chi connectivity index (χ1n) is 4.48. The molecule has 5 nitrogen and oxygen atoms in total. The fourth-order valence-corrected chi connectivity index (χ4v) is 1.65. The van der Waals surface area contributed by atoms with E-state index in [1.807, 2.05) is 0 Å². The Morgan fingerprint density at radius 2 is 2.00 bits per heavy atom. The van der Waals surface area contributed by atoms with Crippen LogP contribution in [0.15, 0.2) is 16.9 Å². The summed E-state index contributed by atoms with van der Waals surface area (Å²) in [6, 6.07) is 0. The highest BCUT2D eigenvalue weighted by atomic mass is 79.9. The topological polar surface area (TPSA) is 72.0 Å². The molecule has 0 aromatic carbocycles. The first kappa shape index (κ1) is 10.2. The van der Waals surface area contributed by atoms with Crippen LogP contribution in [0.1, 0.15) is 24.6 Å². The Hall–Kier alpha value is -1.30. The van der Waals surface area contributed by atoms with Crippen LogP contribution in [0.25, 0.3) is 0 Å². The molecule has 1 aromatic heterocycles. The number of amides is 2. The standard InChI is InChI=1S/C9H8BrN3O2/c10-5-3-11-8(12-4-5)6-1-2-7(14)13-9(6)15/h3-4,6H,1-2H2,(H,13,14,15). The number of imide groups is 1. The predicted molar refractivity (Wildman–Crippen MR) is 54.9 cm³/mol. The molecule has 6 heteroatoms. The average Bonchev–Trinajstić information content (AvgIpc) is 2.20. The minimum Gasteiger partial charge on any atom is -0.296 e. The van der Waals surface area contributed by atoms with E-state index in [9.17, 15) is 9.59 Å². The molecular formula is C9H8BrN3O2. The summed E-state index contributed by atoms with van der Waals surface area (Å²) < 4.78 is 0.763. The van der Waals surface area contributed by atoms with E-state index < -0.39 is 5.92 Å². The molecule has 2 amide bonds. The van der Waals surface area contributed by atoms with Gasteiger partial charge in [-0.15, -0.1) is 0 Å². The van der Waals surface area contributed by atoms with Gasteiger partial charge in [-0.2, -0.15) is 0 Å². The molecule has 0 saturated carbocycles. The highest BCUT2D eigenvalue weighted by Crippen LogP contribution is 2.21. The summed E-state index contributed by atoms with van der Waals surface area (Å²) in [5, 5.41) is 2.27. The van der Waals surface area contributed by atoms with Crippen molar-refractivity contribution in [1.29, 1.82) is 0 Å². The second-order valence-corrected chi connectivity index (χ2v) is 4.18. The van der Waals surface area contributed by atoms with E-state index in [0.29, 0.717) is 18.7 Å². The predicted octanol–water partition coefficient (Wildman–Crippen LogP) is 0.759. The molecule has 1 aromatic rings. The Kier molecular flexibility index (Phi) is 2.77. The molecule has 0 bridgehead atoms. The smallest absolute Gasteiger partial charge is 0.237 e. The first-order chi connectivity index (χ1) is 7.16. The van der Waals surface area contributed by atoms with Crippen LogP contribution in [-0.2, 0) is 9.59 Å². The maximum atomic E-state index is 11.5. The Bertz CT molecular complexity index is 404. The Balaban J connectivity index is 2.20. The van der Waals surface area contributed by atoms with E-state index in [1.165, 1.54) is 0 Å². The lowest BCUT2D eigenvalue weighted by atomic mass is 9.97. The van der Waals surface area contributed by atoms with Crippen LogP contribution in [0.4, 0.5) is 0 Å².